The molecule has 7 nitrogen and oxygen atoms in total. The third kappa shape index (κ3) is 4.85. The summed E-state index contributed by atoms with van der Waals surface area (Å²) in [6, 6.07) is 10.1. The third-order valence-corrected chi connectivity index (χ3v) is 6.58. The summed E-state index contributed by atoms with van der Waals surface area (Å²) in [5, 5.41) is 12.7. The predicted octanol–water partition coefficient (Wildman–Crippen LogP) is 4.46. The zero-order valence-corrected chi connectivity index (χ0v) is 18.7. The van der Waals surface area contributed by atoms with Gasteiger partial charge in [-0.3, -0.25) is 0 Å². The van der Waals surface area contributed by atoms with Crippen LogP contribution in [0.25, 0.3) is 5.65 Å². The van der Waals surface area contributed by atoms with Crippen molar-refractivity contribution in [2.75, 3.05) is 26.1 Å². The van der Waals surface area contributed by atoms with E-state index in [-0.39, 0.29) is 0 Å². The molecule has 0 amide bonds. The number of nitrogens with zero attached hydrogens (tertiary/aromatic N) is 4. The van der Waals surface area contributed by atoms with E-state index >= 15 is 0 Å². The quantitative estimate of drug-likeness (QED) is 0.385. The number of rotatable bonds is 9. The van der Waals surface area contributed by atoms with E-state index in [9.17, 15) is 0 Å². The second kappa shape index (κ2) is 9.36. The molecule has 4 aromatic rings. The van der Waals surface area contributed by atoms with Crippen LogP contribution in [0.4, 0.5) is 5.13 Å². The molecule has 0 spiro atoms. The molecule has 0 unspecified atom stereocenters. The van der Waals surface area contributed by atoms with Gasteiger partial charge in [0.25, 0.3) is 0 Å². The Bertz CT molecular complexity index is 1140. The Kier molecular flexibility index (Phi) is 6.39. The first-order chi connectivity index (χ1) is 14.6. The van der Waals surface area contributed by atoms with Crippen molar-refractivity contribution in [1.82, 2.24) is 19.6 Å². The number of hydrogen-bond acceptors (Lipinski definition) is 8. The number of ether oxygens (including phenoxy) is 2. The van der Waals surface area contributed by atoms with Gasteiger partial charge in [-0.1, -0.05) is 35.2 Å². The first-order valence-electron chi connectivity index (χ1n) is 9.50. The van der Waals surface area contributed by atoms with Crippen molar-refractivity contribution in [2.24, 2.45) is 0 Å². The lowest BCUT2D eigenvalue weighted by Gasteiger charge is -2.09. The molecule has 0 aliphatic carbocycles. The van der Waals surface area contributed by atoms with Gasteiger partial charge in [0, 0.05) is 24.7 Å². The second-order valence-corrected chi connectivity index (χ2v) is 8.93. The van der Waals surface area contributed by atoms with E-state index < -0.39 is 0 Å². The minimum Gasteiger partial charge on any atom is -0.493 e. The highest BCUT2D eigenvalue weighted by molar-refractivity contribution is 8.00. The Morgan fingerprint density at radius 3 is 2.77 bits per heavy atom. The van der Waals surface area contributed by atoms with Gasteiger partial charge in [-0.05, 0) is 42.7 Å². The summed E-state index contributed by atoms with van der Waals surface area (Å²) in [5.74, 6) is 2.24. The zero-order chi connectivity index (χ0) is 20.9. The number of benzene rings is 1. The second-order valence-electron chi connectivity index (χ2n) is 6.73. The number of thioether (sulfide) groups is 1. The first-order valence-corrected chi connectivity index (χ1v) is 11.3. The standard InChI is InChI=1S/C21H23N5O2S2/c1-14-4-7-19-23-16(12-26(19)11-14)13-29-21-25-24-20(30-21)22-9-8-15-5-6-17(27-2)18(10-15)28-3/h4-7,10-12H,8-9,13H2,1-3H3,(H,22,24). The summed E-state index contributed by atoms with van der Waals surface area (Å²) in [5.41, 5.74) is 4.38. The molecule has 0 aliphatic rings. The van der Waals surface area contributed by atoms with Crippen molar-refractivity contribution in [1.29, 1.82) is 0 Å². The number of imidazole rings is 1. The van der Waals surface area contributed by atoms with E-state index in [1.54, 1.807) is 37.3 Å². The van der Waals surface area contributed by atoms with E-state index in [0.717, 1.165) is 51.0 Å². The zero-order valence-electron chi connectivity index (χ0n) is 17.1. The van der Waals surface area contributed by atoms with Gasteiger partial charge in [0.15, 0.2) is 15.8 Å². The SMILES string of the molecule is COc1ccc(CCNc2nnc(SCc3cn4cc(C)ccc4n3)s2)cc1OC. The van der Waals surface area contributed by atoms with Crippen molar-refractivity contribution >= 4 is 33.9 Å². The monoisotopic (exact) mass is 441 g/mol. The van der Waals surface area contributed by atoms with Gasteiger partial charge in [0.05, 0.1) is 19.9 Å². The molecular formula is C21H23N5O2S2. The average Bonchev–Trinajstić information content (AvgIpc) is 3.38. The average molecular weight is 442 g/mol. The normalized spacial score (nSPS) is 11.0. The number of fused-ring (bicyclic) bond motifs is 1. The highest BCUT2D eigenvalue weighted by Crippen LogP contribution is 2.29. The van der Waals surface area contributed by atoms with Crippen molar-refractivity contribution in [3.8, 4) is 11.5 Å². The molecule has 0 saturated heterocycles. The van der Waals surface area contributed by atoms with E-state index in [1.807, 2.05) is 24.3 Å². The van der Waals surface area contributed by atoms with Crippen LogP contribution in [0.2, 0.25) is 0 Å². The fourth-order valence-corrected chi connectivity index (χ4v) is 4.71. The maximum absolute atomic E-state index is 5.36. The largest absolute Gasteiger partial charge is 0.493 e. The van der Waals surface area contributed by atoms with Crippen molar-refractivity contribution in [2.45, 2.75) is 23.4 Å². The van der Waals surface area contributed by atoms with Gasteiger partial charge in [-0.2, -0.15) is 0 Å². The molecule has 9 heteroatoms. The highest BCUT2D eigenvalue weighted by Gasteiger charge is 2.08. The van der Waals surface area contributed by atoms with Crippen LogP contribution in [-0.4, -0.2) is 40.3 Å². The molecule has 1 N–H and O–H groups in total. The van der Waals surface area contributed by atoms with Gasteiger partial charge in [-0.15, -0.1) is 10.2 Å². The fraction of sp³-hybridized carbons (Fsp3) is 0.286. The molecular weight excluding hydrogens is 418 g/mol. The summed E-state index contributed by atoms with van der Waals surface area (Å²) in [6.45, 7) is 2.84. The number of aromatic nitrogens is 4. The van der Waals surface area contributed by atoms with Gasteiger partial charge in [0.2, 0.25) is 5.13 Å². The van der Waals surface area contributed by atoms with E-state index in [2.05, 4.69) is 50.3 Å². The number of nitrogens with one attached hydrogen (secondary N) is 1. The molecule has 0 aliphatic heterocycles. The van der Waals surface area contributed by atoms with Gasteiger partial charge < -0.3 is 19.2 Å². The Morgan fingerprint density at radius 2 is 1.93 bits per heavy atom. The Labute approximate surface area is 183 Å². The van der Waals surface area contributed by atoms with E-state index in [1.165, 1.54) is 11.1 Å². The van der Waals surface area contributed by atoms with Crippen molar-refractivity contribution in [3.05, 3.63) is 59.5 Å². The third-order valence-electron chi connectivity index (χ3n) is 4.54. The number of aryl methyl sites for hydroxylation is 1. The van der Waals surface area contributed by atoms with Crippen LogP contribution in [0.3, 0.4) is 0 Å². The molecule has 156 valence electrons. The van der Waals surface area contributed by atoms with Crippen LogP contribution in [0.15, 0.2) is 47.1 Å². The number of anilines is 1. The Balaban J connectivity index is 1.28. The number of hydrogen-bond donors (Lipinski definition) is 1. The van der Waals surface area contributed by atoms with Crippen molar-refractivity contribution in [3.63, 3.8) is 0 Å². The molecule has 0 radical (unpaired) electrons. The van der Waals surface area contributed by atoms with Crippen LogP contribution in [0.5, 0.6) is 11.5 Å². The summed E-state index contributed by atoms with van der Waals surface area (Å²) in [4.78, 5) is 4.65. The van der Waals surface area contributed by atoms with Crippen LogP contribution < -0.4 is 14.8 Å². The van der Waals surface area contributed by atoms with Gasteiger partial charge in [-0.25, -0.2) is 4.98 Å². The number of methoxy groups -OCH3 is 2. The smallest absolute Gasteiger partial charge is 0.206 e. The van der Waals surface area contributed by atoms with Crippen LogP contribution in [-0.2, 0) is 12.2 Å². The first kappa shape index (κ1) is 20.5. The minimum atomic E-state index is 0.737. The summed E-state index contributed by atoms with van der Waals surface area (Å²) in [6.07, 6.45) is 5.00. The van der Waals surface area contributed by atoms with Gasteiger partial charge in [0.1, 0.15) is 5.65 Å². The Morgan fingerprint density at radius 1 is 1.07 bits per heavy atom. The summed E-state index contributed by atoms with van der Waals surface area (Å²) in [7, 11) is 3.29. The molecule has 0 fully saturated rings. The topological polar surface area (TPSA) is 73.6 Å². The van der Waals surface area contributed by atoms with Crippen molar-refractivity contribution < 1.29 is 9.47 Å². The molecule has 30 heavy (non-hydrogen) atoms. The molecule has 0 bridgehead atoms. The van der Waals surface area contributed by atoms with Gasteiger partial charge >= 0.3 is 0 Å². The summed E-state index contributed by atoms with van der Waals surface area (Å²) < 4.78 is 13.6. The minimum absolute atomic E-state index is 0.737. The van der Waals surface area contributed by atoms with Crippen LogP contribution in [0, 0.1) is 6.92 Å². The van der Waals surface area contributed by atoms with E-state index in [4.69, 9.17) is 9.47 Å². The van der Waals surface area contributed by atoms with Crippen LogP contribution >= 0.6 is 23.1 Å². The molecule has 1 aromatic carbocycles. The maximum atomic E-state index is 5.36. The lowest BCUT2D eigenvalue weighted by molar-refractivity contribution is 0.354. The lowest BCUT2D eigenvalue weighted by Crippen LogP contribution is -2.04. The summed E-state index contributed by atoms with van der Waals surface area (Å²) >= 11 is 3.21. The molecule has 0 saturated carbocycles. The molecule has 3 aromatic heterocycles. The highest BCUT2D eigenvalue weighted by atomic mass is 32.2. The fourth-order valence-electron chi connectivity index (χ4n) is 3.05. The molecule has 3 heterocycles. The predicted molar refractivity (Wildman–Crippen MR) is 121 cm³/mol. The maximum Gasteiger partial charge on any atom is 0.206 e. The lowest BCUT2D eigenvalue weighted by atomic mass is 10.1. The van der Waals surface area contributed by atoms with E-state index in [0.29, 0.717) is 0 Å². The number of pyridine rings is 1. The molecule has 0 atom stereocenters. The molecule has 4 rings (SSSR count). The van der Waals surface area contributed by atoms with Crippen LogP contribution in [0.1, 0.15) is 16.8 Å². The Hall–Kier alpha value is -2.78.